The zero-order valence-corrected chi connectivity index (χ0v) is 22.1. The maximum Gasteiger partial charge on any atom is 0.155 e. The number of nitrogens with zero attached hydrogens (tertiary/aromatic N) is 4. The average Bonchev–Trinajstić information content (AvgIpc) is 3.38. The highest BCUT2D eigenvalue weighted by Crippen LogP contribution is 2.62. The van der Waals surface area contributed by atoms with Gasteiger partial charge in [0.2, 0.25) is 0 Å². The lowest BCUT2D eigenvalue weighted by atomic mass is 9.93. The van der Waals surface area contributed by atoms with Gasteiger partial charge in [0, 0.05) is 66.2 Å². The Bertz CT molecular complexity index is 1900. The zero-order valence-electron chi connectivity index (χ0n) is 22.1. The van der Waals surface area contributed by atoms with Crippen LogP contribution in [-0.4, -0.2) is 31.0 Å². The number of pyridine rings is 3. The molecule has 0 spiro atoms. The van der Waals surface area contributed by atoms with Gasteiger partial charge in [0.05, 0.1) is 28.3 Å². The first-order chi connectivity index (χ1) is 20.2. The number of halogens is 1. The van der Waals surface area contributed by atoms with E-state index >= 15 is 4.39 Å². The lowest BCUT2D eigenvalue weighted by molar-refractivity contribution is 0.591. The van der Waals surface area contributed by atoms with E-state index in [1.54, 1.807) is 24.8 Å². The van der Waals surface area contributed by atoms with Crippen molar-refractivity contribution in [3.8, 4) is 22.4 Å². The lowest BCUT2D eigenvalue weighted by Gasteiger charge is -2.15. The van der Waals surface area contributed by atoms with Crippen molar-refractivity contribution in [3.05, 3.63) is 126 Å². The van der Waals surface area contributed by atoms with E-state index in [-0.39, 0.29) is 11.9 Å². The van der Waals surface area contributed by atoms with Crippen LogP contribution in [0.4, 0.5) is 10.1 Å². The van der Waals surface area contributed by atoms with E-state index in [0.29, 0.717) is 23.4 Å². The van der Waals surface area contributed by atoms with Crippen LogP contribution in [0.3, 0.4) is 0 Å². The number of fused-ring (bicyclic) bond motifs is 4. The SMILES string of the molecule is Fc1c(-c2cncc(CNCc3ccccc3)c2)ncc2c1C1(c3nc4c(-c5cccnc5)cccc4[nH]3)CC1N2. The molecule has 200 valence electrons. The smallest absolute Gasteiger partial charge is 0.155 e. The van der Waals surface area contributed by atoms with Crippen molar-refractivity contribution in [1.29, 1.82) is 0 Å². The number of nitrogens with one attached hydrogen (secondary N) is 3. The van der Waals surface area contributed by atoms with E-state index < -0.39 is 5.41 Å². The third kappa shape index (κ3) is 3.90. The van der Waals surface area contributed by atoms with Gasteiger partial charge in [-0.15, -0.1) is 0 Å². The maximum absolute atomic E-state index is 16.5. The van der Waals surface area contributed by atoms with Crippen LogP contribution in [0.25, 0.3) is 33.4 Å². The predicted molar refractivity (Wildman–Crippen MR) is 157 cm³/mol. The van der Waals surface area contributed by atoms with Crippen molar-refractivity contribution < 1.29 is 4.39 Å². The molecule has 8 rings (SSSR count). The summed E-state index contributed by atoms with van der Waals surface area (Å²) in [6.07, 6.45) is 9.59. The lowest BCUT2D eigenvalue weighted by Crippen LogP contribution is -2.15. The normalized spacial score (nSPS) is 18.6. The van der Waals surface area contributed by atoms with Crippen LogP contribution in [-0.2, 0) is 18.5 Å². The van der Waals surface area contributed by atoms with Crippen LogP contribution in [0.2, 0.25) is 0 Å². The molecule has 4 aromatic heterocycles. The summed E-state index contributed by atoms with van der Waals surface area (Å²) in [5, 5.41) is 6.92. The second-order valence-electron chi connectivity index (χ2n) is 10.8. The van der Waals surface area contributed by atoms with Gasteiger partial charge in [-0.2, -0.15) is 0 Å². The van der Waals surface area contributed by atoms with Crippen molar-refractivity contribution >= 4 is 16.7 Å². The fraction of sp³-hybridized carbons (Fsp3) is 0.152. The predicted octanol–water partition coefficient (Wildman–Crippen LogP) is 5.99. The molecule has 1 fully saturated rings. The van der Waals surface area contributed by atoms with E-state index in [4.69, 9.17) is 4.98 Å². The molecule has 5 heterocycles. The first kappa shape index (κ1) is 23.9. The van der Waals surface area contributed by atoms with Crippen LogP contribution in [0.5, 0.6) is 0 Å². The van der Waals surface area contributed by atoms with Gasteiger partial charge in [0.25, 0.3) is 0 Å². The largest absolute Gasteiger partial charge is 0.379 e. The van der Waals surface area contributed by atoms with Crippen LogP contribution < -0.4 is 10.6 Å². The minimum absolute atomic E-state index is 0.0677. The Hall–Kier alpha value is -4.95. The molecule has 41 heavy (non-hydrogen) atoms. The number of aromatic nitrogens is 5. The number of hydrogen-bond acceptors (Lipinski definition) is 6. The van der Waals surface area contributed by atoms with Gasteiger partial charge in [-0.1, -0.05) is 48.5 Å². The van der Waals surface area contributed by atoms with Crippen molar-refractivity contribution in [2.75, 3.05) is 5.32 Å². The number of anilines is 1. The summed E-state index contributed by atoms with van der Waals surface area (Å²) in [5.74, 6) is 0.451. The maximum atomic E-state index is 16.5. The van der Waals surface area contributed by atoms with Crippen LogP contribution in [0, 0.1) is 5.82 Å². The molecule has 2 atom stereocenters. The van der Waals surface area contributed by atoms with Gasteiger partial charge in [-0.3, -0.25) is 15.0 Å². The summed E-state index contributed by atoms with van der Waals surface area (Å²) < 4.78 is 16.5. The summed E-state index contributed by atoms with van der Waals surface area (Å²) in [6, 6.07) is 22.3. The Balaban J connectivity index is 1.13. The van der Waals surface area contributed by atoms with E-state index in [9.17, 15) is 0 Å². The quantitative estimate of drug-likeness (QED) is 0.231. The van der Waals surface area contributed by atoms with E-state index in [0.717, 1.165) is 52.2 Å². The standard InChI is InChI=1S/C33H26FN7/c34-29-28-26(19-38-30(29)23-12-21(16-37-18-23)15-36-14-20-6-2-1-3-7-20)39-27-13-33(27,28)32-40-25-10-4-9-24(31(25)41-32)22-8-5-11-35-17-22/h1-12,16-19,27,36,39H,13-15H2,(H,40,41). The third-order valence-corrected chi connectivity index (χ3v) is 8.23. The molecule has 1 aliphatic carbocycles. The second-order valence-corrected chi connectivity index (χ2v) is 10.8. The molecule has 0 amide bonds. The number of para-hydroxylation sites is 1. The number of H-pyrrole nitrogens is 1. The Morgan fingerprint density at radius 3 is 2.63 bits per heavy atom. The minimum Gasteiger partial charge on any atom is -0.379 e. The van der Waals surface area contributed by atoms with E-state index in [1.165, 1.54) is 5.56 Å². The number of hydrogen-bond donors (Lipinski definition) is 3. The van der Waals surface area contributed by atoms with Gasteiger partial charge < -0.3 is 15.6 Å². The minimum atomic E-state index is -0.565. The molecular weight excluding hydrogens is 513 g/mol. The highest BCUT2D eigenvalue weighted by molar-refractivity contribution is 5.92. The van der Waals surface area contributed by atoms with Crippen molar-refractivity contribution in [1.82, 2.24) is 30.2 Å². The molecule has 0 bridgehead atoms. The van der Waals surface area contributed by atoms with Gasteiger partial charge in [-0.05, 0) is 35.7 Å². The summed E-state index contributed by atoms with van der Waals surface area (Å²) in [4.78, 5) is 21.8. The van der Waals surface area contributed by atoms with Crippen LogP contribution in [0.15, 0.2) is 97.7 Å². The number of imidazole rings is 1. The number of rotatable bonds is 7. The van der Waals surface area contributed by atoms with Gasteiger partial charge in [0.15, 0.2) is 5.82 Å². The molecular formula is C33H26FN7. The van der Waals surface area contributed by atoms with Gasteiger partial charge in [-0.25, -0.2) is 9.37 Å². The molecule has 2 aliphatic rings. The van der Waals surface area contributed by atoms with Crippen LogP contribution in [0.1, 0.15) is 28.9 Å². The first-order valence-corrected chi connectivity index (χ1v) is 13.7. The van der Waals surface area contributed by atoms with E-state index in [2.05, 4.69) is 42.7 Å². The second kappa shape index (κ2) is 9.31. The van der Waals surface area contributed by atoms with Gasteiger partial charge in [0.1, 0.15) is 11.5 Å². The molecule has 0 saturated heterocycles. The molecule has 0 radical (unpaired) electrons. The Labute approximate surface area is 236 Å². The molecule has 1 aliphatic heterocycles. The fourth-order valence-corrected chi connectivity index (χ4v) is 6.17. The fourth-order valence-electron chi connectivity index (χ4n) is 6.17. The first-order valence-electron chi connectivity index (χ1n) is 13.7. The van der Waals surface area contributed by atoms with Crippen molar-refractivity contribution in [3.63, 3.8) is 0 Å². The Kier molecular flexibility index (Phi) is 5.43. The molecule has 8 heteroatoms. The van der Waals surface area contributed by atoms with E-state index in [1.807, 2.05) is 60.8 Å². The number of aromatic amines is 1. The summed E-state index contributed by atoms with van der Waals surface area (Å²) in [5.41, 5.74) is 7.70. The highest BCUT2D eigenvalue weighted by Gasteiger charge is 2.65. The third-order valence-electron chi connectivity index (χ3n) is 8.23. The molecule has 7 nitrogen and oxygen atoms in total. The Morgan fingerprint density at radius 1 is 0.878 bits per heavy atom. The summed E-state index contributed by atoms with van der Waals surface area (Å²) in [6.45, 7) is 1.36. The molecule has 3 N–H and O–H groups in total. The van der Waals surface area contributed by atoms with Crippen molar-refractivity contribution in [2.24, 2.45) is 0 Å². The number of benzene rings is 2. The summed E-state index contributed by atoms with van der Waals surface area (Å²) >= 11 is 0. The average molecular weight is 540 g/mol. The highest BCUT2D eigenvalue weighted by atomic mass is 19.1. The molecule has 2 aromatic carbocycles. The van der Waals surface area contributed by atoms with Gasteiger partial charge >= 0.3 is 0 Å². The molecule has 2 unspecified atom stereocenters. The van der Waals surface area contributed by atoms with Crippen LogP contribution >= 0.6 is 0 Å². The monoisotopic (exact) mass is 539 g/mol. The molecule has 6 aromatic rings. The van der Waals surface area contributed by atoms with Crippen molar-refractivity contribution in [2.45, 2.75) is 31.0 Å². The molecule has 1 saturated carbocycles. The zero-order chi connectivity index (χ0) is 27.4. The Morgan fingerprint density at radius 2 is 1.76 bits per heavy atom. The summed E-state index contributed by atoms with van der Waals surface area (Å²) in [7, 11) is 0. The topological polar surface area (TPSA) is 91.4 Å².